The topological polar surface area (TPSA) is 85.1 Å². The molecule has 1 atom stereocenters. The fraction of sp³-hybridized carbons (Fsp3) is 0.438. The Labute approximate surface area is 134 Å². The van der Waals surface area contributed by atoms with E-state index in [0.29, 0.717) is 12.4 Å². The number of nitrogens with zero attached hydrogens (tertiary/aromatic N) is 3. The molecule has 3 rings (SSSR count). The molecule has 0 radical (unpaired) electrons. The van der Waals surface area contributed by atoms with Crippen LogP contribution in [0.3, 0.4) is 0 Å². The fourth-order valence-corrected chi connectivity index (χ4v) is 3.01. The fourth-order valence-electron chi connectivity index (χ4n) is 3.01. The number of carbonyl (C=O) groups is 1. The molecule has 1 amide bonds. The summed E-state index contributed by atoms with van der Waals surface area (Å²) in [5.41, 5.74) is 2.32. The Hall–Kier alpha value is -2.41. The van der Waals surface area contributed by atoms with Crippen LogP contribution in [0.25, 0.3) is 0 Å². The first-order valence-corrected chi connectivity index (χ1v) is 7.67. The number of amides is 1. The molecule has 0 spiro atoms. The minimum atomic E-state index is -0.390. The highest BCUT2D eigenvalue weighted by Gasteiger charge is 2.25. The van der Waals surface area contributed by atoms with Gasteiger partial charge in [-0.15, -0.1) is 0 Å². The number of hydrogen-bond acceptors (Lipinski definition) is 4. The monoisotopic (exact) mass is 315 g/mol. The summed E-state index contributed by atoms with van der Waals surface area (Å²) in [6.45, 7) is 1.55. The van der Waals surface area contributed by atoms with Crippen LogP contribution in [0.2, 0.25) is 0 Å². The molecule has 0 fully saturated rings. The van der Waals surface area contributed by atoms with Gasteiger partial charge in [-0.3, -0.25) is 14.7 Å². The van der Waals surface area contributed by atoms with E-state index < -0.39 is 0 Å². The van der Waals surface area contributed by atoms with Gasteiger partial charge in [0.1, 0.15) is 5.82 Å². The number of carbonyl (C=O) groups excluding carboxylic acids is 1. The van der Waals surface area contributed by atoms with Gasteiger partial charge in [-0.1, -0.05) is 24.3 Å². The van der Waals surface area contributed by atoms with Crippen molar-refractivity contribution in [3.05, 3.63) is 51.7 Å². The Morgan fingerprint density at radius 3 is 2.83 bits per heavy atom. The van der Waals surface area contributed by atoms with Crippen LogP contribution in [0.15, 0.2) is 29.1 Å². The van der Waals surface area contributed by atoms with E-state index in [1.54, 1.807) is 11.9 Å². The van der Waals surface area contributed by atoms with E-state index in [-0.39, 0.29) is 24.1 Å². The zero-order valence-corrected chi connectivity index (χ0v) is 13.4. The molecule has 0 aliphatic carbocycles. The van der Waals surface area contributed by atoms with E-state index in [2.05, 4.69) is 51.4 Å². The van der Waals surface area contributed by atoms with Gasteiger partial charge >= 0.3 is 5.69 Å². The van der Waals surface area contributed by atoms with Crippen molar-refractivity contribution in [2.75, 3.05) is 20.6 Å². The van der Waals surface area contributed by atoms with E-state index in [1.807, 2.05) is 0 Å². The number of H-pyrrole nitrogens is 2. The summed E-state index contributed by atoms with van der Waals surface area (Å²) >= 11 is 0. The minimum Gasteiger partial charge on any atom is -0.344 e. The van der Waals surface area contributed by atoms with E-state index in [1.165, 1.54) is 11.1 Å². The lowest BCUT2D eigenvalue weighted by molar-refractivity contribution is -0.130. The van der Waals surface area contributed by atoms with Crippen LogP contribution in [0.1, 0.15) is 17.0 Å². The Bertz CT molecular complexity index is 751. The van der Waals surface area contributed by atoms with Gasteiger partial charge in [-0.2, -0.15) is 5.10 Å². The molecule has 1 aromatic heterocycles. The number of aromatic amines is 2. The third-order valence-electron chi connectivity index (χ3n) is 4.40. The number of benzene rings is 1. The summed E-state index contributed by atoms with van der Waals surface area (Å²) in [5.74, 6) is 0.314. The second-order valence-electron chi connectivity index (χ2n) is 6.12. The molecule has 1 aliphatic heterocycles. The Balaban J connectivity index is 1.62. The van der Waals surface area contributed by atoms with Crippen molar-refractivity contribution in [3.8, 4) is 0 Å². The van der Waals surface area contributed by atoms with Crippen molar-refractivity contribution in [2.24, 2.45) is 0 Å². The predicted octanol–water partition coefficient (Wildman–Crippen LogP) is 0.156. The highest BCUT2D eigenvalue weighted by molar-refractivity contribution is 5.77. The van der Waals surface area contributed by atoms with Gasteiger partial charge in [0.2, 0.25) is 5.91 Å². The number of nitrogens with one attached hydrogen (secondary N) is 2. The van der Waals surface area contributed by atoms with E-state index in [0.717, 1.165) is 13.0 Å². The maximum atomic E-state index is 12.3. The quantitative estimate of drug-likeness (QED) is 0.841. The lowest BCUT2D eigenvalue weighted by Gasteiger charge is -2.36. The number of aromatic nitrogens is 3. The van der Waals surface area contributed by atoms with Crippen LogP contribution in [0, 0.1) is 0 Å². The number of fused-ring (bicyclic) bond motifs is 1. The summed E-state index contributed by atoms with van der Waals surface area (Å²) in [6.07, 6.45) is 1.03. The number of likely N-dealkylation sites (N-methyl/N-ethyl adjacent to an activating group) is 2. The maximum Gasteiger partial charge on any atom is 0.340 e. The first kappa shape index (κ1) is 15.5. The smallest absolute Gasteiger partial charge is 0.340 e. The molecule has 0 saturated heterocycles. The standard InChI is InChI=1S/C16H21N5O2/c1-20-9-12-6-4-3-5-11(12)7-13(20)10-21(2)15(22)8-14-17-16(23)19-18-14/h3-6,13H,7-10H2,1-2H3,(H2,17,18,19,23). The molecule has 1 unspecified atom stereocenters. The molecule has 1 aliphatic rings. The second-order valence-corrected chi connectivity index (χ2v) is 6.12. The van der Waals surface area contributed by atoms with Gasteiger partial charge in [0.15, 0.2) is 0 Å². The maximum absolute atomic E-state index is 12.3. The van der Waals surface area contributed by atoms with Crippen molar-refractivity contribution in [3.63, 3.8) is 0 Å². The van der Waals surface area contributed by atoms with Crippen molar-refractivity contribution in [1.29, 1.82) is 0 Å². The number of hydrogen-bond donors (Lipinski definition) is 2. The van der Waals surface area contributed by atoms with Crippen LogP contribution in [0.4, 0.5) is 0 Å². The average molecular weight is 315 g/mol. The Kier molecular flexibility index (Phi) is 4.29. The van der Waals surface area contributed by atoms with Crippen LogP contribution >= 0.6 is 0 Å². The van der Waals surface area contributed by atoms with Crippen LogP contribution in [-0.4, -0.2) is 57.6 Å². The summed E-state index contributed by atoms with van der Waals surface area (Å²) in [5, 5.41) is 6.05. The molecule has 23 heavy (non-hydrogen) atoms. The number of rotatable bonds is 4. The van der Waals surface area contributed by atoms with E-state index in [4.69, 9.17) is 0 Å². The predicted molar refractivity (Wildman–Crippen MR) is 86.0 cm³/mol. The van der Waals surface area contributed by atoms with Gasteiger partial charge in [0, 0.05) is 26.2 Å². The SMILES string of the molecule is CN(CC1Cc2ccccc2CN1C)C(=O)Cc1n[nH]c(=O)[nH]1. The van der Waals surface area contributed by atoms with Crippen molar-refractivity contribution < 1.29 is 4.79 Å². The molecule has 2 heterocycles. The van der Waals surface area contributed by atoms with Crippen LogP contribution in [0.5, 0.6) is 0 Å². The molecular formula is C16H21N5O2. The lowest BCUT2D eigenvalue weighted by atomic mass is 9.94. The van der Waals surface area contributed by atoms with Gasteiger partial charge in [-0.05, 0) is 24.6 Å². The van der Waals surface area contributed by atoms with Crippen LogP contribution in [-0.2, 0) is 24.2 Å². The molecule has 122 valence electrons. The summed E-state index contributed by atoms with van der Waals surface area (Å²) in [4.78, 5) is 29.8. The van der Waals surface area contributed by atoms with Gasteiger partial charge in [0.25, 0.3) is 0 Å². The van der Waals surface area contributed by atoms with Crippen molar-refractivity contribution in [1.82, 2.24) is 25.0 Å². The first-order valence-electron chi connectivity index (χ1n) is 7.67. The molecule has 1 aromatic carbocycles. The highest BCUT2D eigenvalue weighted by atomic mass is 16.2. The first-order chi connectivity index (χ1) is 11.0. The summed E-state index contributed by atoms with van der Waals surface area (Å²) in [6, 6.07) is 8.73. The molecule has 0 saturated carbocycles. The second kappa shape index (κ2) is 6.37. The molecular weight excluding hydrogens is 294 g/mol. The van der Waals surface area contributed by atoms with E-state index >= 15 is 0 Å². The van der Waals surface area contributed by atoms with Gasteiger partial charge in [0.05, 0.1) is 6.42 Å². The van der Waals surface area contributed by atoms with Crippen molar-refractivity contribution in [2.45, 2.75) is 25.4 Å². The summed E-state index contributed by atoms with van der Waals surface area (Å²) < 4.78 is 0. The Morgan fingerprint density at radius 2 is 2.13 bits per heavy atom. The zero-order chi connectivity index (χ0) is 16.4. The minimum absolute atomic E-state index is 0.0555. The zero-order valence-electron chi connectivity index (χ0n) is 13.4. The molecule has 0 bridgehead atoms. The molecule has 2 N–H and O–H groups in total. The Morgan fingerprint density at radius 1 is 1.39 bits per heavy atom. The largest absolute Gasteiger partial charge is 0.344 e. The third kappa shape index (κ3) is 3.50. The highest BCUT2D eigenvalue weighted by Crippen LogP contribution is 2.22. The van der Waals surface area contributed by atoms with E-state index in [9.17, 15) is 9.59 Å². The average Bonchev–Trinajstić information content (AvgIpc) is 2.93. The summed E-state index contributed by atoms with van der Waals surface area (Å²) in [7, 11) is 3.88. The molecule has 2 aromatic rings. The van der Waals surface area contributed by atoms with Gasteiger partial charge < -0.3 is 4.90 Å². The van der Waals surface area contributed by atoms with Gasteiger partial charge in [-0.25, -0.2) is 9.89 Å². The third-order valence-corrected chi connectivity index (χ3v) is 4.40. The molecule has 7 nitrogen and oxygen atoms in total. The molecule has 7 heteroatoms. The lowest BCUT2D eigenvalue weighted by Crippen LogP contribution is -2.46. The van der Waals surface area contributed by atoms with Crippen molar-refractivity contribution >= 4 is 5.91 Å². The normalized spacial score (nSPS) is 17.7. The van der Waals surface area contributed by atoms with Crippen LogP contribution < -0.4 is 5.69 Å².